The average molecular weight is 489 g/mol. The van der Waals surface area contributed by atoms with Crippen LogP contribution >= 0.6 is 11.6 Å². The number of carbonyl (C=O) groups excluding carboxylic acids is 1. The molecule has 184 valence electrons. The summed E-state index contributed by atoms with van der Waals surface area (Å²) in [5.74, 6) is -0.0503. The maximum absolute atomic E-state index is 12.7. The average Bonchev–Trinajstić information content (AvgIpc) is 2.83. The highest BCUT2D eigenvalue weighted by atomic mass is 35.5. The molecule has 0 saturated heterocycles. The number of aryl methyl sites for hydroxylation is 1. The van der Waals surface area contributed by atoms with Gasteiger partial charge in [-0.1, -0.05) is 11.6 Å². The number of carboxylic acids is 1. The van der Waals surface area contributed by atoms with Crippen molar-refractivity contribution in [3.8, 4) is 5.75 Å². The maximum Gasteiger partial charge on any atom is 0.306 e. The molecule has 0 aliphatic heterocycles. The van der Waals surface area contributed by atoms with Crippen LogP contribution in [0.4, 0.5) is 5.69 Å². The lowest BCUT2D eigenvalue weighted by molar-refractivity contribution is -0.143. The van der Waals surface area contributed by atoms with Crippen LogP contribution in [0.3, 0.4) is 0 Å². The van der Waals surface area contributed by atoms with Crippen molar-refractivity contribution in [2.24, 2.45) is 11.8 Å². The number of amides is 1. The minimum Gasteiger partial charge on any atom is -0.496 e. The van der Waals surface area contributed by atoms with E-state index in [0.717, 1.165) is 29.7 Å². The molecule has 1 saturated carbocycles. The molecule has 0 bridgehead atoms. The monoisotopic (exact) mass is 488 g/mol. The standard InChI is InChI=1S/C26H33ClN2O5/c1-16-12-19(25(30)28-14-17-4-6-18(7-5-17)26(31)32)8-10-22(16)29-23(15-33-2)21-13-20(27)9-11-24(21)34-3/h8-13,17-18,23,29H,4-7,14-15H2,1-3H3,(H,28,30)(H,31,32). The minimum atomic E-state index is -0.715. The summed E-state index contributed by atoms with van der Waals surface area (Å²) >= 11 is 6.22. The van der Waals surface area contributed by atoms with Crippen molar-refractivity contribution in [2.75, 3.05) is 32.7 Å². The van der Waals surface area contributed by atoms with E-state index in [1.165, 1.54) is 0 Å². The van der Waals surface area contributed by atoms with Crippen molar-refractivity contribution in [2.45, 2.75) is 38.6 Å². The molecule has 3 rings (SSSR count). The third-order valence-electron chi connectivity index (χ3n) is 6.47. The second kappa shape index (κ2) is 12.1. The zero-order chi connectivity index (χ0) is 24.7. The predicted molar refractivity (Wildman–Crippen MR) is 133 cm³/mol. The van der Waals surface area contributed by atoms with Crippen molar-refractivity contribution in [1.29, 1.82) is 0 Å². The van der Waals surface area contributed by atoms with E-state index in [2.05, 4.69) is 10.6 Å². The molecule has 1 atom stereocenters. The van der Waals surface area contributed by atoms with Gasteiger partial charge in [0.2, 0.25) is 0 Å². The number of anilines is 1. The van der Waals surface area contributed by atoms with Gasteiger partial charge in [-0.15, -0.1) is 0 Å². The zero-order valence-electron chi connectivity index (χ0n) is 19.9. The molecule has 3 N–H and O–H groups in total. The number of carbonyl (C=O) groups is 2. The molecule has 2 aromatic carbocycles. The van der Waals surface area contributed by atoms with Gasteiger partial charge in [0.05, 0.1) is 25.7 Å². The molecule has 0 aromatic heterocycles. The van der Waals surface area contributed by atoms with E-state index in [0.29, 0.717) is 48.2 Å². The summed E-state index contributed by atoms with van der Waals surface area (Å²) < 4.78 is 10.9. The second-order valence-electron chi connectivity index (χ2n) is 8.83. The van der Waals surface area contributed by atoms with Gasteiger partial charge in [0, 0.05) is 35.5 Å². The lowest BCUT2D eigenvalue weighted by Crippen LogP contribution is -2.32. The number of hydrogen-bond acceptors (Lipinski definition) is 5. The highest BCUT2D eigenvalue weighted by Crippen LogP contribution is 2.32. The Hall–Kier alpha value is -2.77. The lowest BCUT2D eigenvalue weighted by Gasteiger charge is -2.26. The molecule has 0 spiro atoms. The Bertz CT molecular complexity index is 1000. The minimum absolute atomic E-state index is 0.125. The molecule has 1 unspecified atom stereocenters. The van der Waals surface area contributed by atoms with E-state index in [1.54, 1.807) is 26.4 Å². The number of ether oxygens (including phenoxy) is 2. The van der Waals surface area contributed by atoms with Crippen LogP contribution in [0.5, 0.6) is 5.75 Å². The number of carboxylic acid groups (broad SMARTS) is 1. The lowest BCUT2D eigenvalue weighted by atomic mass is 9.82. The van der Waals surface area contributed by atoms with Crippen LogP contribution in [0.1, 0.15) is 53.2 Å². The molecule has 7 nitrogen and oxygen atoms in total. The van der Waals surface area contributed by atoms with Gasteiger partial charge in [-0.3, -0.25) is 9.59 Å². The van der Waals surface area contributed by atoms with Crippen LogP contribution in [0.2, 0.25) is 5.02 Å². The molecule has 0 heterocycles. The maximum atomic E-state index is 12.7. The number of benzene rings is 2. The largest absolute Gasteiger partial charge is 0.496 e. The Kier molecular flexibility index (Phi) is 9.19. The molecule has 2 aromatic rings. The Balaban J connectivity index is 1.64. The van der Waals surface area contributed by atoms with Gasteiger partial charge in [-0.2, -0.15) is 0 Å². The van der Waals surface area contributed by atoms with Crippen molar-refractivity contribution in [3.05, 3.63) is 58.1 Å². The number of hydrogen-bond donors (Lipinski definition) is 3. The number of nitrogens with one attached hydrogen (secondary N) is 2. The SMILES string of the molecule is COCC(Nc1ccc(C(=O)NCC2CCC(C(=O)O)CC2)cc1C)c1cc(Cl)ccc1OC. The molecule has 1 amide bonds. The summed E-state index contributed by atoms with van der Waals surface area (Å²) in [6.07, 6.45) is 3.00. The van der Waals surface area contributed by atoms with Gasteiger partial charge in [0.1, 0.15) is 5.75 Å². The van der Waals surface area contributed by atoms with E-state index in [-0.39, 0.29) is 17.9 Å². The van der Waals surface area contributed by atoms with Gasteiger partial charge in [0.15, 0.2) is 0 Å². The van der Waals surface area contributed by atoms with Crippen molar-refractivity contribution in [3.63, 3.8) is 0 Å². The van der Waals surface area contributed by atoms with E-state index < -0.39 is 5.97 Å². The molecule has 0 radical (unpaired) electrons. The highest BCUT2D eigenvalue weighted by Gasteiger charge is 2.26. The number of rotatable bonds is 10. The fourth-order valence-electron chi connectivity index (χ4n) is 4.46. The van der Waals surface area contributed by atoms with Gasteiger partial charge in [-0.05, 0) is 80.5 Å². The number of methoxy groups -OCH3 is 2. The summed E-state index contributed by atoms with van der Waals surface area (Å²) in [5.41, 5.74) is 3.28. The van der Waals surface area contributed by atoms with Crippen LogP contribution < -0.4 is 15.4 Å². The molecule has 1 aliphatic rings. The molecule has 1 aliphatic carbocycles. The number of aliphatic carboxylic acids is 1. The van der Waals surface area contributed by atoms with Crippen LogP contribution in [0, 0.1) is 18.8 Å². The van der Waals surface area contributed by atoms with E-state index in [9.17, 15) is 9.59 Å². The first-order valence-corrected chi connectivity index (χ1v) is 11.9. The van der Waals surface area contributed by atoms with Crippen molar-refractivity contribution < 1.29 is 24.2 Å². The highest BCUT2D eigenvalue weighted by molar-refractivity contribution is 6.30. The fourth-order valence-corrected chi connectivity index (χ4v) is 4.64. The second-order valence-corrected chi connectivity index (χ2v) is 9.27. The van der Waals surface area contributed by atoms with Crippen LogP contribution in [0.25, 0.3) is 0 Å². The van der Waals surface area contributed by atoms with Gasteiger partial charge in [-0.25, -0.2) is 0 Å². The first-order valence-electron chi connectivity index (χ1n) is 11.5. The Morgan fingerprint density at radius 1 is 1.12 bits per heavy atom. The van der Waals surface area contributed by atoms with E-state index in [4.69, 9.17) is 26.2 Å². The van der Waals surface area contributed by atoms with Crippen molar-refractivity contribution >= 4 is 29.2 Å². The zero-order valence-corrected chi connectivity index (χ0v) is 20.7. The third-order valence-corrected chi connectivity index (χ3v) is 6.70. The summed E-state index contributed by atoms with van der Waals surface area (Å²) in [4.78, 5) is 23.8. The summed E-state index contributed by atoms with van der Waals surface area (Å²) in [6, 6.07) is 10.8. The van der Waals surface area contributed by atoms with E-state index in [1.807, 2.05) is 31.2 Å². The van der Waals surface area contributed by atoms with Gasteiger partial charge < -0.3 is 25.2 Å². The Morgan fingerprint density at radius 3 is 2.47 bits per heavy atom. The van der Waals surface area contributed by atoms with Crippen molar-refractivity contribution in [1.82, 2.24) is 5.32 Å². The number of halogens is 1. The first kappa shape index (κ1) is 25.8. The molecule has 1 fully saturated rings. The summed E-state index contributed by atoms with van der Waals surface area (Å²) in [7, 11) is 3.26. The van der Waals surface area contributed by atoms with Gasteiger partial charge in [0.25, 0.3) is 5.91 Å². The molecular formula is C26H33ClN2O5. The fraction of sp³-hybridized carbons (Fsp3) is 0.462. The molecule has 8 heteroatoms. The van der Waals surface area contributed by atoms with Crippen LogP contribution in [0.15, 0.2) is 36.4 Å². The normalized spacial score (nSPS) is 18.7. The smallest absolute Gasteiger partial charge is 0.306 e. The van der Waals surface area contributed by atoms with E-state index >= 15 is 0 Å². The molecular weight excluding hydrogens is 456 g/mol. The summed E-state index contributed by atoms with van der Waals surface area (Å²) in [5, 5.41) is 16.2. The van der Waals surface area contributed by atoms with Gasteiger partial charge >= 0.3 is 5.97 Å². The van der Waals surface area contributed by atoms with Crippen LogP contribution in [-0.2, 0) is 9.53 Å². The molecule has 34 heavy (non-hydrogen) atoms. The Morgan fingerprint density at radius 2 is 1.85 bits per heavy atom. The topological polar surface area (TPSA) is 96.9 Å². The quantitative estimate of drug-likeness (QED) is 0.431. The van der Waals surface area contributed by atoms with Crippen LogP contribution in [-0.4, -0.2) is 44.4 Å². The summed E-state index contributed by atoms with van der Waals surface area (Å²) in [6.45, 7) is 2.92. The predicted octanol–water partition coefficient (Wildman–Crippen LogP) is 5.08. The first-order chi connectivity index (χ1) is 16.3. The Labute approximate surface area is 205 Å². The third kappa shape index (κ3) is 6.64.